The summed E-state index contributed by atoms with van der Waals surface area (Å²) in [6.07, 6.45) is 6.34. The summed E-state index contributed by atoms with van der Waals surface area (Å²) in [5, 5.41) is 0. The zero-order chi connectivity index (χ0) is 17.9. The van der Waals surface area contributed by atoms with Crippen molar-refractivity contribution < 1.29 is 9.53 Å². The number of aromatic nitrogens is 2. The summed E-state index contributed by atoms with van der Waals surface area (Å²) in [5.74, 6) is 0.710. The van der Waals surface area contributed by atoms with E-state index < -0.39 is 5.60 Å². The van der Waals surface area contributed by atoms with Gasteiger partial charge in [-0.3, -0.25) is 0 Å². The molecule has 1 unspecified atom stereocenters. The number of rotatable bonds is 2. The lowest BCUT2D eigenvalue weighted by molar-refractivity contribution is 0.00952. The molecule has 2 aromatic rings. The number of ether oxygens (including phenoxy) is 1. The summed E-state index contributed by atoms with van der Waals surface area (Å²) in [6.45, 7) is 6.44. The highest BCUT2D eigenvalue weighted by Gasteiger charge is 2.31. The van der Waals surface area contributed by atoms with Gasteiger partial charge in [0.05, 0.1) is 6.04 Å². The number of likely N-dealkylation sites (tertiary alicyclic amines) is 1. The summed E-state index contributed by atoms with van der Waals surface area (Å²) in [6, 6.07) is 10.0. The Labute approximate surface area is 149 Å². The molecule has 1 atom stereocenters. The molecular formula is C20H25N3O2. The molecule has 0 saturated carbocycles. The van der Waals surface area contributed by atoms with E-state index in [1.807, 2.05) is 37.8 Å². The molecule has 0 aliphatic carbocycles. The first kappa shape index (κ1) is 17.4. The van der Waals surface area contributed by atoms with Gasteiger partial charge in [0.2, 0.25) is 0 Å². The first-order valence-corrected chi connectivity index (χ1v) is 8.81. The van der Waals surface area contributed by atoms with E-state index in [2.05, 4.69) is 22.1 Å². The number of hydrogen-bond donors (Lipinski definition) is 0. The van der Waals surface area contributed by atoms with Crippen LogP contribution in [0.3, 0.4) is 0 Å². The molecule has 5 nitrogen and oxygen atoms in total. The van der Waals surface area contributed by atoms with Gasteiger partial charge in [-0.05, 0) is 51.7 Å². The number of piperidine rings is 1. The van der Waals surface area contributed by atoms with Crippen molar-refractivity contribution >= 4 is 6.09 Å². The molecule has 1 aliphatic heterocycles. The Morgan fingerprint density at radius 3 is 2.44 bits per heavy atom. The van der Waals surface area contributed by atoms with Crippen LogP contribution in [0.15, 0.2) is 42.7 Å². The first-order chi connectivity index (χ1) is 11.9. The molecule has 132 valence electrons. The Morgan fingerprint density at radius 1 is 1.12 bits per heavy atom. The summed E-state index contributed by atoms with van der Waals surface area (Å²) in [4.78, 5) is 23.0. The predicted molar refractivity (Wildman–Crippen MR) is 97.0 cm³/mol. The summed E-state index contributed by atoms with van der Waals surface area (Å²) < 4.78 is 5.59. The molecule has 0 radical (unpaired) electrons. The van der Waals surface area contributed by atoms with E-state index in [1.54, 1.807) is 18.5 Å². The van der Waals surface area contributed by atoms with E-state index in [0.29, 0.717) is 5.82 Å². The molecule has 1 amide bonds. The fourth-order valence-electron chi connectivity index (χ4n) is 3.12. The van der Waals surface area contributed by atoms with Crippen molar-refractivity contribution in [3.63, 3.8) is 0 Å². The third-order valence-corrected chi connectivity index (χ3v) is 4.25. The Morgan fingerprint density at radius 2 is 1.80 bits per heavy atom. The van der Waals surface area contributed by atoms with Gasteiger partial charge in [-0.1, -0.05) is 24.3 Å². The summed E-state index contributed by atoms with van der Waals surface area (Å²) >= 11 is 0. The van der Waals surface area contributed by atoms with Crippen molar-refractivity contribution in [3.05, 3.63) is 48.3 Å². The maximum atomic E-state index is 12.6. The van der Waals surface area contributed by atoms with Crippen LogP contribution >= 0.6 is 0 Å². The molecule has 0 spiro atoms. The average molecular weight is 339 g/mol. The largest absolute Gasteiger partial charge is 0.444 e. The van der Waals surface area contributed by atoms with Crippen LogP contribution in [0.25, 0.3) is 11.4 Å². The maximum absolute atomic E-state index is 12.6. The molecule has 25 heavy (non-hydrogen) atoms. The van der Waals surface area contributed by atoms with Gasteiger partial charge in [0, 0.05) is 24.5 Å². The van der Waals surface area contributed by atoms with Crippen LogP contribution in [0.1, 0.15) is 51.6 Å². The average Bonchev–Trinajstić information content (AvgIpc) is 2.61. The third-order valence-electron chi connectivity index (χ3n) is 4.25. The fourth-order valence-corrected chi connectivity index (χ4v) is 3.12. The van der Waals surface area contributed by atoms with Gasteiger partial charge < -0.3 is 9.64 Å². The van der Waals surface area contributed by atoms with Crippen LogP contribution in [-0.2, 0) is 4.74 Å². The monoisotopic (exact) mass is 339 g/mol. The molecule has 1 aromatic carbocycles. The molecular weight excluding hydrogens is 314 g/mol. The highest BCUT2D eigenvalue weighted by atomic mass is 16.6. The van der Waals surface area contributed by atoms with E-state index in [4.69, 9.17) is 4.74 Å². The number of hydrogen-bond acceptors (Lipinski definition) is 4. The van der Waals surface area contributed by atoms with E-state index in [1.165, 1.54) is 0 Å². The molecule has 1 fully saturated rings. The van der Waals surface area contributed by atoms with Gasteiger partial charge in [0.15, 0.2) is 5.82 Å². The van der Waals surface area contributed by atoms with Crippen LogP contribution in [0.5, 0.6) is 0 Å². The van der Waals surface area contributed by atoms with Crippen molar-refractivity contribution in [2.45, 2.75) is 51.7 Å². The first-order valence-electron chi connectivity index (χ1n) is 8.81. The molecule has 3 rings (SSSR count). The van der Waals surface area contributed by atoms with Crippen LogP contribution < -0.4 is 0 Å². The minimum Gasteiger partial charge on any atom is -0.444 e. The zero-order valence-electron chi connectivity index (χ0n) is 15.1. The van der Waals surface area contributed by atoms with Crippen molar-refractivity contribution in [2.24, 2.45) is 0 Å². The lowest BCUT2D eigenvalue weighted by Gasteiger charge is -2.37. The number of carbonyl (C=O) groups excluding carboxylic acids is 1. The van der Waals surface area contributed by atoms with Crippen LogP contribution in [0, 0.1) is 0 Å². The van der Waals surface area contributed by atoms with Crippen LogP contribution in [0.2, 0.25) is 0 Å². The second kappa shape index (κ2) is 7.21. The highest BCUT2D eigenvalue weighted by molar-refractivity contribution is 5.69. The molecule has 0 N–H and O–H groups in total. The Balaban J connectivity index is 1.79. The van der Waals surface area contributed by atoms with E-state index in [9.17, 15) is 4.79 Å². The van der Waals surface area contributed by atoms with Crippen molar-refractivity contribution in [2.75, 3.05) is 6.54 Å². The van der Waals surface area contributed by atoms with E-state index in [0.717, 1.165) is 36.9 Å². The van der Waals surface area contributed by atoms with Crippen molar-refractivity contribution in [1.29, 1.82) is 0 Å². The van der Waals surface area contributed by atoms with Gasteiger partial charge in [-0.25, -0.2) is 14.8 Å². The van der Waals surface area contributed by atoms with Crippen molar-refractivity contribution in [3.8, 4) is 11.4 Å². The minimum absolute atomic E-state index is 0.0642. The number of carbonyl (C=O) groups is 1. The predicted octanol–water partition coefficient (Wildman–Crippen LogP) is 4.61. The Hall–Kier alpha value is -2.43. The third kappa shape index (κ3) is 4.35. The number of nitrogens with zero attached hydrogens (tertiary/aromatic N) is 3. The normalized spacial score (nSPS) is 18.0. The van der Waals surface area contributed by atoms with Gasteiger partial charge in [0.25, 0.3) is 0 Å². The summed E-state index contributed by atoms with van der Waals surface area (Å²) in [7, 11) is 0. The quantitative estimate of drug-likeness (QED) is 0.802. The minimum atomic E-state index is -0.479. The number of benzene rings is 1. The number of amides is 1. The molecule has 2 heterocycles. The van der Waals surface area contributed by atoms with E-state index >= 15 is 0 Å². The lowest BCUT2D eigenvalue weighted by atomic mass is 9.95. The molecule has 1 aliphatic rings. The van der Waals surface area contributed by atoms with Crippen LogP contribution in [-0.4, -0.2) is 33.1 Å². The van der Waals surface area contributed by atoms with Gasteiger partial charge >= 0.3 is 6.09 Å². The molecule has 5 heteroatoms. The van der Waals surface area contributed by atoms with Crippen molar-refractivity contribution in [1.82, 2.24) is 14.9 Å². The lowest BCUT2D eigenvalue weighted by Crippen LogP contribution is -2.41. The molecule has 1 aromatic heterocycles. The second-order valence-corrected chi connectivity index (χ2v) is 7.38. The Bertz CT molecular complexity index is 708. The second-order valence-electron chi connectivity index (χ2n) is 7.38. The van der Waals surface area contributed by atoms with Gasteiger partial charge in [-0.2, -0.15) is 0 Å². The zero-order valence-corrected chi connectivity index (χ0v) is 15.1. The highest BCUT2D eigenvalue weighted by Crippen LogP contribution is 2.33. The van der Waals surface area contributed by atoms with Crippen LogP contribution in [0.4, 0.5) is 4.79 Å². The maximum Gasteiger partial charge on any atom is 0.410 e. The standard InChI is InChI=1S/C20H25N3O2/c1-20(2,3)25-19(24)23-14-5-4-7-17(23)15-8-10-16(11-9-15)18-21-12-6-13-22-18/h6,8-13,17H,4-5,7,14H2,1-3H3. The topological polar surface area (TPSA) is 55.3 Å². The smallest absolute Gasteiger partial charge is 0.410 e. The van der Waals surface area contributed by atoms with Gasteiger partial charge in [0.1, 0.15) is 5.60 Å². The van der Waals surface area contributed by atoms with Gasteiger partial charge in [-0.15, -0.1) is 0 Å². The molecule has 1 saturated heterocycles. The SMILES string of the molecule is CC(C)(C)OC(=O)N1CCCCC1c1ccc(-c2ncccn2)cc1. The Kier molecular flexibility index (Phi) is 5.02. The van der Waals surface area contributed by atoms with E-state index in [-0.39, 0.29) is 12.1 Å². The summed E-state index contributed by atoms with van der Waals surface area (Å²) in [5.41, 5.74) is 1.63. The fraction of sp³-hybridized carbons (Fsp3) is 0.450. The molecule has 0 bridgehead atoms.